The van der Waals surface area contributed by atoms with E-state index in [1.807, 2.05) is 6.07 Å². The van der Waals surface area contributed by atoms with Gasteiger partial charge in [-0.05, 0) is 66.7 Å². The molecule has 0 aliphatic heterocycles. The molecule has 0 bridgehead atoms. The van der Waals surface area contributed by atoms with Crippen LogP contribution in [0.5, 0.6) is 5.75 Å². The molecule has 0 amide bonds. The molecule has 0 atom stereocenters. The Bertz CT molecular complexity index is 1870. The monoisotopic (exact) mass is 623 g/mol. The average molecular weight is 625 g/mol. The van der Waals surface area contributed by atoms with Crippen molar-refractivity contribution >= 4 is 45.8 Å². The first-order valence-electron chi connectivity index (χ1n) is 12.7. The third-order valence-corrected chi connectivity index (χ3v) is 7.62. The second-order valence-corrected chi connectivity index (χ2v) is 10.6. The molecule has 4 nitrogen and oxygen atoms in total. The van der Waals surface area contributed by atoms with Crippen LogP contribution in [-0.4, -0.2) is 14.8 Å². The summed E-state index contributed by atoms with van der Waals surface area (Å²) >= 11 is 18.5. The summed E-state index contributed by atoms with van der Waals surface area (Å²) in [7, 11) is 0. The van der Waals surface area contributed by atoms with Gasteiger partial charge in [0.15, 0.2) is 5.65 Å². The first kappa shape index (κ1) is 28.1. The van der Waals surface area contributed by atoms with E-state index in [0.717, 1.165) is 6.07 Å². The second-order valence-electron chi connectivity index (χ2n) is 9.37. The van der Waals surface area contributed by atoms with Gasteiger partial charge in [-0.15, -0.1) is 0 Å². The Morgan fingerprint density at radius 3 is 2.02 bits per heavy atom. The molecule has 210 valence electrons. The Hall–Kier alpha value is -4.04. The number of halogens is 6. The molecule has 0 radical (unpaired) electrons. The lowest BCUT2D eigenvalue weighted by Gasteiger charge is -2.13. The maximum atomic E-state index is 14.6. The molecular weight excluding hydrogens is 606 g/mol. The molecule has 2 aromatic heterocycles. The van der Waals surface area contributed by atoms with Crippen molar-refractivity contribution in [1.29, 1.82) is 0 Å². The highest BCUT2D eigenvalue weighted by Crippen LogP contribution is 2.42. The van der Waals surface area contributed by atoms with Gasteiger partial charge in [-0.2, -0.15) is 18.3 Å². The summed E-state index contributed by atoms with van der Waals surface area (Å²) in [5, 5.41) is 5.93. The minimum absolute atomic E-state index is 0.0738. The van der Waals surface area contributed by atoms with Crippen LogP contribution >= 0.6 is 34.8 Å². The molecule has 42 heavy (non-hydrogen) atoms. The van der Waals surface area contributed by atoms with Crippen molar-refractivity contribution in [3.8, 4) is 34.0 Å². The molecule has 10 heteroatoms. The highest BCUT2D eigenvalue weighted by atomic mass is 35.5. The predicted octanol–water partition coefficient (Wildman–Crippen LogP) is 10.3. The fourth-order valence-corrected chi connectivity index (χ4v) is 5.23. The quantitative estimate of drug-likeness (QED) is 0.185. The van der Waals surface area contributed by atoms with E-state index in [0.29, 0.717) is 43.2 Å². The zero-order valence-corrected chi connectivity index (χ0v) is 23.8. The van der Waals surface area contributed by atoms with E-state index < -0.39 is 11.7 Å². The number of ether oxygens (including phenoxy) is 1. The number of pyridine rings is 1. The lowest BCUT2D eigenvalue weighted by molar-refractivity contribution is -0.136. The van der Waals surface area contributed by atoms with Crippen LogP contribution in [0.1, 0.15) is 11.1 Å². The van der Waals surface area contributed by atoms with E-state index in [1.54, 1.807) is 91.0 Å². The summed E-state index contributed by atoms with van der Waals surface area (Å²) in [6.07, 6.45) is -4.68. The smallest absolute Gasteiger partial charge is 0.417 e. The third kappa shape index (κ3) is 5.55. The molecule has 2 heterocycles. The highest BCUT2D eigenvalue weighted by molar-refractivity contribution is 6.36. The van der Waals surface area contributed by atoms with E-state index in [1.165, 1.54) is 4.68 Å². The number of rotatable bonds is 6. The first-order valence-corrected chi connectivity index (χ1v) is 13.8. The number of aromatic nitrogens is 3. The van der Waals surface area contributed by atoms with Crippen LogP contribution in [-0.2, 0) is 12.8 Å². The highest BCUT2D eigenvalue weighted by Gasteiger charge is 2.36. The van der Waals surface area contributed by atoms with Crippen molar-refractivity contribution in [1.82, 2.24) is 14.8 Å². The van der Waals surface area contributed by atoms with Crippen molar-refractivity contribution in [2.24, 2.45) is 0 Å². The van der Waals surface area contributed by atoms with E-state index in [4.69, 9.17) is 44.5 Å². The standard InChI is InChI=1S/C32H19Cl3F3N3O/c33-21-13-9-20(10-14-21)30-29-25(32(36,37)38)17-28(39-31(29)41(40-30)22-5-2-1-3-6-22)19-11-15-23(16-12-19)42-18-24-26(34)7-4-8-27(24)35/h1-17H,18H2. The summed E-state index contributed by atoms with van der Waals surface area (Å²) in [6.45, 7) is 0.129. The van der Waals surface area contributed by atoms with E-state index >= 15 is 0 Å². The summed E-state index contributed by atoms with van der Waals surface area (Å²) in [4.78, 5) is 4.70. The second kappa shape index (κ2) is 11.3. The Morgan fingerprint density at radius 2 is 1.38 bits per heavy atom. The summed E-state index contributed by atoms with van der Waals surface area (Å²) in [5.41, 5.74) is 1.68. The van der Waals surface area contributed by atoms with Crippen molar-refractivity contribution in [2.45, 2.75) is 12.8 Å². The molecule has 0 saturated heterocycles. The van der Waals surface area contributed by atoms with Crippen molar-refractivity contribution in [2.75, 3.05) is 0 Å². The molecule has 0 unspecified atom stereocenters. The van der Waals surface area contributed by atoms with Crippen molar-refractivity contribution in [3.05, 3.63) is 129 Å². The van der Waals surface area contributed by atoms with Gasteiger partial charge in [-0.25, -0.2) is 9.67 Å². The maximum Gasteiger partial charge on any atom is 0.417 e. The summed E-state index contributed by atoms with van der Waals surface area (Å²) < 4.78 is 51.2. The van der Waals surface area contributed by atoms with Crippen molar-refractivity contribution < 1.29 is 17.9 Å². The Balaban J connectivity index is 1.46. The van der Waals surface area contributed by atoms with Gasteiger partial charge >= 0.3 is 6.18 Å². The molecule has 6 aromatic rings. The molecule has 4 aromatic carbocycles. The molecular formula is C32H19Cl3F3N3O. The number of fused-ring (bicyclic) bond motifs is 1. The van der Waals surface area contributed by atoms with Gasteiger partial charge in [0, 0.05) is 31.8 Å². The van der Waals surface area contributed by atoms with Crippen LogP contribution in [0.15, 0.2) is 103 Å². The number of para-hydroxylation sites is 1. The SMILES string of the molecule is FC(F)(F)c1cc(-c2ccc(OCc3c(Cl)cccc3Cl)cc2)nc2c1c(-c1ccc(Cl)cc1)nn2-c1ccccc1. The Kier molecular flexibility index (Phi) is 7.58. The fraction of sp³-hybridized carbons (Fsp3) is 0.0625. The van der Waals surface area contributed by atoms with Crippen LogP contribution in [0.2, 0.25) is 15.1 Å². The largest absolute Gasteiger partial charge is 0.489 e. The molecule has 0 aliphatic rings. The molecule has 0 saturated carbocycles. The van der Waals surface area contributed by atoms with Gasteiger partial charge in [0.25, 0.3) is 0 Å². The van der Waals surface area contributed by atoms with Gasteiger partial charge in [0.1, 0.15) is 18.1 Å². The summed E-state index contributed by atoms with van der Waals surface area (Å²) in [6, 6.07) is 28.3. The molecule has 6 rings (SSSR count). The number of hydrogen-bond donors (Lipinski definition) is 0. The average Bonchev–Trinajstić information content (AvgIpc) is 3.36. The lowest BCUT2D eigenvalue weighted by Crippen LogP contribution is -2.08. The van der Waals surface area contributed by atoms with Crippen molar-refractivity contribution in [3.63, 3.8) is 0 Å². The van der Waals surface area contributed by atoms with Crippen LogP contribution in [0, 0.1) is 0 Å². The number of benzene rings is 4. The fourth-order valence-electron chi connectivity index (χ4n) is 4.59. The zero-order valence-electron chi connectivity index (χ0n) is 21.5. The van der Waals surface area contributed by atoms with Gasteiger partial charge in [0.2, 0.25) is 0 Å². The van der Waals surface area contributed by atoms with Gasteiger partial charge in [-0.3, -0.25) is 0 Å². The normalized spacial score (nSPS) is 11.7. The molecule has 0 N–H and O–H groups in total. The molecule has 0 aliphatic carbocycles. The maximum absolute atomic E-state index is 14.6. The van der Waals surface area contributed by atoms with Gasteiger partial charge < -0.3 is 4.74 Å². The predicted molar refractivity (Wildman–Crippen MR) is 161 cm³/mol. The topological polar surface area (TPSA) is 39.9 Å². The Morgan fingerprint density at radius 1 is 0.738 bits per heavy atom. The molecule has 0 fully saturated rings. The van der Waals surface area contributed by atoms with Gasteiger partial charge in [-0.1, -0.05) is 71.2 Å². The van der Waals surface area contributed by atoms with E-state index in [-0.39, 0.29) is 29.0 Å². The minimum Gasteiger partial charge on any atom is -0.489 e. The van der Waals surface area contributed by atoms with E-state index in [9.17, 15) is 13.2 Å². The van der Waals surface area contributed by atoms with Crippen LogP contribution in [0.25, 0.3) is 39.2 Å². The zero-order chi connectivity index (χ0) is 29.4. The third-order valence-electron chi connectivity index (χ3n) is 6.66. The van der Waals surface area contributed by atoms with Crippen LogP contribution in [0.4, 0.5) is 13.2 Å². The van der Waals surface area contributed by atoms with Gasteiger partial charge in [0.05, 0.1) is 22.3 Å². The van der Waals surface area contributed by atoms with Crippen LogP contribution < -0.4 is 4.74 Å². The van der Waals surface area contributed by atoms with Crippen LogP contribution in [0.3, 0.4) is 0 Å². The lowest BCUT2D eigenvalue weighted by atomic mass is 10.0. The molecule has 0 spiro atoms. The number of alkyl halides is 3. The Labute approximate surface area is 253 Å². The number of hydrogen-bond acceptors (Lipinski definition) is 3. The first-order chi connectivity index (χ1) is 20.2. The summed E-state index contributed by atoms with van der Waals surface area (Å²) in [5.74, 6) is 0.492. The van der Waals surface area contributed by atoms with E-state index in [2.05, 4.69) is 5.10 Å². The number of nitrogens with zero attached hydrogens (tertiary/aromatic N) is 3. The minimum atomic E-state index is -4.68.